The van der Waals surface area contributed by atoms with Gasteiger partial charge in [-0.1, -0.05) is 12.8 Å². The average Bonchev–Trinajstić information content (AvgIpc) is 2.93. The van der Waals surface area contributed by atoms with Gasteiger partial charge >= 0.3 is 0 Å². The molecule has 0 radical (unpaired) electrons. The summed E-state index contributed by atoms with van der Waals surface area (Å²) in [6, 6.07) is 0. The third kappa shape index (κ3) is 4.10. The Morgan fingerprint density at radius 1 is 0.862 bits per heavy atom. The highest BCUT2D eigenvalue weighted by molar-refractivity contribution is 7.86. The molecule has 0 aromatic heterocycles. The number of morpholine rings is 1. The van der Waals surface area contributed by atoms with Gasteiger partial charge in [-0.15, -0.1) is 0 Å². The zero-order chi connectivity index (χ0) is 20.8. The summed E-state index contributed by atoms with van der Waals surface area (Å²) in [6.07, 6.45) is 3.42. The number of fused-ring (bicyclic) bond motifs is 1. The minimum atomic E-state index is -3.53. The van der Waals surface area contributed by atoms with Crippen molar-refractivity contribution in [2.24, 2.45) is 11.8 Å². The molecule has 3 heterocycles. The normalized spacial score (nSPS) is 35.9. The molecule has 2 amide bonds. The molecular weight excluding hydrogens is 396 g/mol. The molecule has 0 aromatic rings. The van der Waals surface area contributed by atoms with Crippen LogP contribution in [0, 0.1) is 11.8 Å². The third-order valence-corrected chi connectivity index (χ3v) is 8.61. The Balaban J connectivity index is 1.34. The van der Waals surface area contributed by atoms with Crippen LogP contribution in [0.15, 0.2) is 0 Å². The summed E-state index contributed by atoms with van der Waals surface area (Å²) in [7, 11) is -3.53. The summed E-state index contributed by atoms with van der Waals surface area (Å²) in [5, 5.41) is 0. The van der Waals surface area contributed by atoms with Crippen molar-refractivity contribution in [3.05, 3.63) is 0 Å². The Labute approximate surface area is 173 Å². The number of carbonyl (C=O) groups excluding carboxylic acids is 2. The highest BCUT2D eigenvalue weighted by Crippen LogP contribution is 2.38. The average molecular weight is 429 g/mol. The van der Waals surface area contributed by atoms with Gasteiger partial charge in [0, 0.05) is 39.3 Å². The van der Waals surface area contributed by atoms with Crippen LogP contribution < -0.4 is 0 Å². The lowest BCUT2D eigenvalue weighted by atomic mass is 9.81. The van der Waals surface area contributed by atoms with E-state index in [1.54, 1.807) is 0 Å². The molecule has 0 N–H and O–H groups in total. The van der Waals surface area contributed by atoms with E-state index >= 15 is 0 Å². The Hall–Kier alpha value is -1.07. The van der Waals surface area contributed by atoms with E-state index in [9.17, 15) is 18.0 Å². The molecule has 3 saturated heterocycles. The minimum absolute atomic E-state index is 0.0361. The Morgan fingerprint density at radius 3 is 1.90 bits per heavy atom. The molecule has 4 rings (SSSR count). The van der Waals surface area contributed by atoms with E-state index in [1.165, 1.54) is 13.5 Å². The largest absolute Gasteiger partial charge is 0.373 e. The second-order valence-electron chi connectivity index (χ2n) is 8.84. The Kier molecular flexibility index (Phi) is 6.00. The molecule has 9 nitrogen and oxygen atoms in total. The number of hydrogen-bond acceptors (Lipinski definition) is 6. The monoisotopic (exact) mass is 428 g/mol. The van der Waals surface area contributed by atoms with Crippen LogP contribution in [-0.4, -0.2) is 96.8 Å². The predicted octanol–water partition coefficient (Wildman–Crippen LogP) is 0.0907. The van der Waals surface area contributed by atoms with Gasteiger partial charge in [-0.25, -0.2) is 0 Å². The first-order valence-corrected chi connectivity index (χ1v) is 12.2. The molecule has 4 fully saturated rings. The van der Waals surface area contributed by atoms with E-state index in [2.05, 4.69) is 0 Å². The smallest absolute Gasteiger partial charge is 0.282 e. The van der Waals surface area contributed by atoms with E-state index in [-0.39, 0.29) is 42.5 Å². The van der Waals surface area contributed by atoms with Gasteiger partial charge in [0.05, 0.1) is 30.7 Å². The molecule has 10 heteroatoms. The first-order chi connectivity index (χ1) is 13.8. The van der Waals surface area contributed by atoms with Crippen molar-refractivity contribution in [1.29, 1.82) is 0 Å². The van der Waals surface area contributed by atoms with Crippen molar-refractivity contribution in [1.82, 2.24) is 18.4 Å². The zero-order valence-electron chi connectivity index (χ0n) is 17.3. The standard InChI is InChI=1S/C19H32N4O5S/c1-14-11-22(12-15(2)28-14)29(26,27)21-9-7-20(8-10-21)13-23-18(24)16-5-3-4-6-17(16)19(23)25/h14-17H,3-13H2,1-2H3/t14-,15+,16-,17+. The van der Waals surface area contributed by atoms with Crippen molar-refractivity contribution in [2.45, 2.75) is 51.7 Å². The van der Waals surface area contributed by atoms with Crippen molar-refractivity contribution in [3.8, 4) is 0 Å². The summed E-state index contributed by atoms with van der Waals surface area (Å²) in [4.78, 5) is 28.8. The van der Waals surface area contributed by atoms with Crippen molar-refractivity contribution >= 4 is 22.0 Å². The lowest BCUT2D eigenvalue weighted by Crippen LogP contribution is -2.58. The van der Waals surface area contributed by atoms with E-state index in [1.807, 2.05) is 18.7 Å². The lowest BCUT2D eigenvalue weighted by molar-refractivity contribution is -0.142. The topological polar surface area (TPSA) is 90.5 Å². The van der Waals surface area contributed by atoms with Crippen molar-refractivity contribution in [3.63, 3.8) is 0 Å². The van der Waals surface area contributed by atoms with Crippen LogP contribution in [0.3, 0.4) is 0 Å². The first kappa shape index (κ1) is 21.2. The molecule has 29 heavy (non-hydrogen) atoms. The van der Waals surface area contributed by atoms with Gasteiger partial charge in [-0.05, 0) is 26.7 Å². The maximum atomic E-state index is 13.0. The van der Waals surface area contributed by atoms with Crippen LogP contribution in [0.2, 0.25) is 0 Å². The maximum absolute atomic E-state index is 13.0. The summed E-state index contributed by atoms with van der Waals surface area (Å²) in [5.41, 5.74) is 0. The quantitative estimate of drug-likeness (QED) is 0.590. The van der Waals surface area contributed by atoms with Crippen molar-refractivity contribution < 1.29 is 22.7 Å². The highest BCUT2D eigenvalue weighted by atomic mass is 32.2. The van der Waals surface area contributed by atoms with E-state index in [4.69, 9.17) is 4.74 Å². The van der Waals surface area contributed by atoms with E-state index in [0.717, 1.165) is 25.7 Å². The maximum Gasteiger partial charge on any atom is 0.282 e. The number of nitrogens with zero attached hydrogens (tertiary/aromatic N) is 4. The SMILES string of the molecule is C[C@@H]1CN(S(=O)(=O)N2CCN(CN3C(=O)[C@H]4CCCC[C@H]4C3=O)CC2)C[C@H](C)O1. The fourth-order valence-corrected chi connectivity index (χ4v) is 6.90. The fraction of sp³-hybridized carbons (Fsp3) is 0.895. The minimum Gasteiger partial charge on any atom is -0.373 e. The zero-order valence-corrected chi connectivity index (χ0v) is 18.1. The summed E-state index contributed by atoms with van der Waals surface area (Å²) < 4.78 is 34.7. The van der Waals surface area contributed by atoms with Gasteiger partial charge < -0.3 is 4.74 Å². The van der Waals surface area contributed by atoms with Crippen LogP contribution in [0.25, 0.3) is 0 Å². The molecular formula is C19H32N4O5S. The third-order valence-electron chi connectivity index (χ3n) is 6.64. The number of hydrogen-bond donors (Lipinski definition) is 0. The van der Waals surface area contributed by atoms with Gasteiger partial charge in [0.1, 0.15) is 0 Å². The second-order valence-corrected chi connectivity index (χ2v) is 10.8. The molecule has 1 saturated carbocycles. The Bertz CT molecular complexity index is 718. The number of amides is 2. The molecule has 0 aromatic carbocycles. The molecule has 1 aliphatic carbocycles. The summed E-state index contributed by atoms with van der Waals surface area (Å²) in [6.45, 7) is 6.55. The molecule has 0 bridgehead atoms. The molecule has 4 aliphatic rings. The first-order valence-electron chi connectivity index (χ1n) is 10.8. The number of likely N-dealkylation sites (tertiary alicyclic amines) is 1. The molecule has 0 unspecified atom stereocenters. The number of ether oxygens (including phenoxy) is 1. The van der Waals surface area contributed by atoms with Crippen LogP contribution in [-0.2, 0) is 24.5 Å². The highest BCUT2D eigenvalue weighted by Gasteiger charge is 2.48. The van der Waals surface area contributed by atoms with Crippen LogP contribution >= 0.6 is 0 Å². The fourth-order valence-electron chi connectivity index (χ4n) is 5.15. The van der Waals surface area contributed by atoms with Gasteiger partial charge in [0.25, 0.3) is 10.2 Å². The molecule has 164 valence electrons. The number of piperazine rings is 1. The van der Waals surface area contributed by atoms with Gasteiger partial charge in [0.15, 0.2) is 0 Å². The number of carbonyl (C=O) groups is 2. The van der Waals surface area contributed by atoms with E-state index in [0.29, 0.717) is 39.3 Å². The predicted molar refractivity (Wildman–Crippen MR) is 106 cm³/mol. The molecule has 0 spiro atoms. The van der Waals surface area contributed by atoms with Gasteiger partial charge in [-0.3, -0.25) is 19.4 Å². The summed E-state index contributed by atoms with van der Waals surface area (Å²) >= 11 is 0. The second kappa shape index (κ2) is 8.22. The number of rotatable bonds is 4. The number of imide groups is 1. The van der Waals surface area contributed by atoms with Crippen LogP contribution in [0.5, 0.6) is 0 Å². The Morgan fingerprint density at radius 2 is 1.38 bits per heavy atom. The van der Waals surface area contributed by atoms with Gasteiger partial charge in [0.2, 0.25) is 11.8 Å². The summed E-state index contributed by atoms with van der Waals surface area (Å²) in [5.74, 6) is -0.344. The van der Waals surface area contributed by atoms with Crippen molar-refractivity contribution in [2.75, 3.05) is 45.9 Å². The molecule has 3 aliphatic heterocycles. The van der Waals surface area contributed by atoms with E-state index < -0.39 is 10.2 Å². The van der Waals surface area contributed by atoms with Crippen LogP contribution in [0.1, 0.15) is 39.5 Å². The van der Waals surface area contributed by atoms with Crippen LogP contribution in [0.4, 0.5) is 0 Å². The molecule has 4 atom stereocenters. The lowest BCUT2D eigenvalue weighted by Gasteiger charge is -2.40. The van der Waals surface area contributed by atoms with Gasteiger partial charge in [-0.2, -0.15) is 17.0 Å².